The smallest absolute Gasteiger partial charge is 0.238 e. The van der Waals surface area contributed by atoms with E-state index in [1.807, 2.05) is 17.8 Å². The lowest BCUT2D eigenvalue weighted by Gasteiger charge is -2.33. The Morgan fingerprint density at radius 3 is 2.64 bits per heavy atom. The number of amides is 1. The lowest BCUT2D eigenvalue weighted by molar-refractivity contribution is -0.117. The van der Waals surface area contributed by atoms with Crippen molar-refractivity contribution < 1.29 is 14.3 Å². The van der Waals surface area contributed by atoms with Crippen molar-refractivity contribution in [3.8, 4) is 0 Å². The summed E-state index contributed by atoms with van der Waals surface area (Å²) in [6, 6.07) is 5.73. The quantitative estimate of drug-likeness (QED) is 0.868. The molecule has 1 aromatic carbocycles. The summed E-state index contributed by atoms with van der Waals surface area (Å²) in [5.41, 5.74) is 0.589. The molecule has 7 heteroatoms. The molecular weight excluding hydrogens is 323 g/mol. The van der Waals surface area contributed by atoms with Crippen LogP contribution in [0, 0.1) is 11.7 Å². The number of aliphatic hydroxyl groups is 1. The molecule has 0 aliphatic carbocycles. The largest absolute Gasteiger partial charge is 0.385 e. The molecule has 6 nitrogen and oxygen atoms in total. The van der Waals surface area contributed by atoms with Crippen LogP contribution in [-0.4, -0.2) is 45.1 Å². The van der Waals surface area contributed by atoms with Gasteiger partial charge in [-0.1, -0.05) is 0 Å². The molecule has 134 valence electrons. The maximum Gasteiger partial charge on any atom is 0.238 e. The molecule has 1 aromatic heterocycles. The molecule has 2 heterocycles. The predicted molar refractivity (Wildman–Crippen MR) is 92.4 cm³/mol. The summed E-state index contributed by atoms with van der Waals surface area (Å²) in [6.45, 7) is 1.80. The topological polar surface area (TPSA) is 70.4 Å². The maximum atomic E-state index is 12.9. The second-order valence-corrected chi connectivity index (χ2v) is 6.51. The first-order chi connectivity index (χ1) is 12.0. The highest BCUT2D eigenvalue weighted by atomic mass is 19.1. The number of carbonyl (C=O) groups is 1. The Balaban J connectivity index is 1.46. The Labute approximate surface area is 146 Å². The number of aromatic nitrogens is 2. The summed E-state index contributed by atoms with van der Waals surface area (Å²) in [6.07, 6.45) is 4.58. The number of piperidine rings is 1. The molecule has 0 bridgehead atoms. The summed E-state index contributed by atoms with van der Waals surface area (Å²) in [5, 5.41) is 13.3. The Morgan fingerprint density at radius 2 is 2.04 bits per heavy atom. The first-order valence-electron chi connectivity index (χ1n) is 8.46. The van der Waals surface area contributed by atoms with Crippen LogP contribution in [0.15, 0.2) is 36.7 Å². The minimum absolute atomic E-state index is 0.116. The number of nitrogens with one attached hydrogen (secondary N) is 1. The number of imidazole rings is 1. The van der Waals surface area contributed by atoms with Gasteiger partial charge in [-0.3, -0.25) is 9.69 Å². The Bertz CT molecular complexity index is 708. The fourth-order valence-corrected chi connectivity index (χ4v) is 3.24. The first-order valence-corrected chi connectivity index (χ1v) is 8.46. The molecule has 25 heavy (non-hydrogen) atoms. The van der Waals surface area contributed by atoms with Gasteiger partial charge >= 0.3 is 0 Å². The summed E-state index contributed by atoms with van der Waals surface area (Å²) < 4.78 is 14.7. The SMILES string of the molecule is Cn1ccnc1[C@@H](O)C1CCN(CC(=O)Nc2ccc(F)cc2)CC1. The van der Waals surface area contributed by atoms with Gasteiger partial charge in [-0.15, -0.1) is 0 Å². The number of rotatable bonds is 5. The van der Waals surface area contributed by atoms with Crippen LogP contribution in [0.25, 0.3) is 0 Å². The number of likely N-dealkylation sites (tertiary alicyclic amines) is 1. The fourth-order valence-electron chi connectivity index (χ4n) is 3.24. The number of aliphatic hydroxyl groups excluding tert-OH is 1. The van der Waals surface area contributed by atoms with Crippen LogP contribution < -0.4 is 5.32 Å². The highest BCUT2D eigenvalue weighted by Crippen LogP contribution is 2.29. The second kappa shape index (κ2) is 7.76. The molecule has 1 amide bonds. The number of halogens is 1. The third kappa shape index (κ3) is 4.43. The van der Waals surface area contributed by atoms with Gasteiger partial charge in [-0.25, -0.2) is 9.37 Å². The molecule has 1 atom stereocenters. The zero-order valence-electron chi connectivity index (χ0n) is 14.2. The van der Waals surface area contributed by atoms with Gasteiger partial charge in [-0.2, -0.15) is 0 Å². The average Bonchev–Trinajstić information content (AvgIpc) is 3.03. The number of hydrogen-bond donors (Lipinski definition) is 2. The molecule has 1 fully saturated rings. The van der Waals surface area contributed by atoms with E-state index in [2.05, 4.69) is 15.2 Å². The predicted octanol–water partition coefficient (Wildman–Crippen LogP) is 1.94. The summed E-state index contributed by atoms with van der Waals surface area (Å²) in [7, 11) is 1.88. The molecule has 0 saturated carbocycles. The van der Waals surface area contributed by atoms with Gasteiger partial charge in [0.25, 0.3) is 0 Å². The molecule has 1 aliphatic heterocycles. The van der Waals surface area contributed by atoms with Gasteiger partial charge in [-0.05, 0) is 56.1 Å². The molecular formula is C18H23FN4O2. The van der Waals surface area contributed by atoms with Crippen LogP contribution in [-0.2, 0) is 11.8 Å². The highest BCUT2D eigenvalue weighted by Gasteiger charge is 2.28. The van der Waals surface area contributed by atoms with Gasteiger partial charge < -0.3 is 15.0 Å². The molecule has 0 unspecified atom stereocenters. The Kier molecular flexibility index (Phi) is 5.45. The van der Waals surface area contributed by atoms with Gasteiger partial charge in [0.1, 0.15) is 17.7 Å². The minimum Gasteiger partial charge on any atom is -0.385 e. The number of hydrogen-bond acceptors (Lipinski definition) is 4. The molecule has 1 aliphatic rings. The van der Waals surface area contributed by atoms with Crippen molar-refractivity contribution in [2.24, 2.45) is 13.0 Å². The number of carbonyl (C=O) groups excluding carboxylic acids is 1. The average molecular weight is 346 g/mol. The van der Waals surface area contributed by atoms with Crippen LogP contribution in [0.1, 0.15) is 24.8 Å². The van der Waals surface area contributed by atoms with Crippen molar-refractivity contribution >= 4 is 11.6 Å². The van der Waals surface area contributed by atoms with Crippen LogP contribution in [0.4, 0.5) is 10.1 Å². The van der Waals surface area contributed by atoms with E-state index >= 15 is 0 Å². The Hall–Kier alpha value is -2.25. The van der Waals surface area contributed by atoms with Crippen molar-refractivity contribution in [1.82, 2.24) is 14.5 Å². The van der Waals surface area contributed by atoms with E-state index in [-0.39, 0.29) is 17.6 Å². The van der Waals surface area contributed by atoms with E-state index in [0.29, 0.717) is 18.1 Å². The molecule has 0 radical (unpaired) electrons. The number of benzene rings is 1. The van der Waals surface area contributed by atoms with E-state index < -0.39 is 6.10 Å². The van der Waals surface area contributed by atoms with Gasteiger partial charge in [0, 0.05) is 25.1 Å². The van der Waals surface area contributed by atoms with Crippen molar-refractivity contribution in [2.75, 3.05) is 25.0 Å². The minimum atomic E-state index is -0.574. The maximum absolute atomic E-state index is 12.9. The third-order valence-electron chi connectivity index (χ3n) is 4.70. The van der Waals surface area contributed by atoms with Crippen molar-refractivity contribution in [1.29, 1.82) is 0 Å². The van der Waals surface area contributed by atoms with Crippen molar-refractivity contribution in [2.45, 2.75) is 18.9 Å². The van der Waals surface area contributed by atoms with Crippen LogP contribution in [0.3, 0.4) is 0 Å². The zero-order valence-corrected chi connectivity index (χ0v) is 14.2. The van der Waals surface area contributed by atoms with Gasteiger partial charge in [0.05, 0.1) is 6.54 Å². The lowest BCUT2D eigenvalue weighted by Crippen LogP contribution is -2.40. The third-order valence-corrected chi connectivity index (χ3v) is 4.70. The molecule has 1 saturated heterocycles. The van der Waals surface area contributed by atoms with Crippen molar-refractivity contribution in [3.05, 3.63) is 48.3 Å². The first kappa shape index (κ1) is 17.6. The van der Waals surface area contributed by atoms with Crippen LogP contribution in [0.5, 0.6) is 0 Å². The molecule has 2 N–H and O–H groups in total. The van der Waals surface area contributed by atoms with Crippen molar-refractivity contribution in [3.63, 3.8) is 0 Å². The van der Waals surface area contributed by atoms with Gasteiger partial charge in [0.2, 0.25) is 5.91 Å². The van der Waals surface area contributed by atoms with Gasteiger partial charge in [0.15, 0.2) is 0 Å². The number of aryl methyl sites for hydroxylation is 1. The van der Waals surface area contributed by atoms with E-state index in [1.54, 1.807) is 18.3 Å². The molecule has 3 rings (SSSR count). The number of anilines is 1. The fraction of sp³-hybridized carbons (Fsp3) is 0.444. The molecule has 2 aromatic rings. The lowest BCUT2D eigenvalue weighted by atomic mass is 9.90. The van der Waals surface area contributed by atoms with E-state index in [9.17, 15) is 14.3 Å². The number of nitrogens with zero attached hydrogens (tertiary/aromatic N) is 3. The zero-order chi connectivity index (χ0) is 17.8. The standard InChI is InChI=1S/C18H23FN4O2/c1-22-11-8-20-18(22)17(25)13-6-9-23(10-7-13)12-16(24)21-15-4-2-14(19)3-5-15/h2-5,8,11,13,17,25H,6-7,9-10,12H2,1H3,(H,21,24)/t17-/m0/s1. The van der Waals surface area contributed by atoms with E-state index in [4.69, 9.17) is 0 Å². The summed E-state index contributed by atoms with van der Waals surface area (Å²) in [5.74, 6) is 0.395. The van der Waals surface area contributed by atoms with Crippen LogP contribution in [0.2, 0.25) is 0 Å². The van der Waals surface area contributed by atoms with E-state index in [0.717, 1.165) is 25.9 Å². The van der Waals surface area contributed by atoms with E-state index in [1.165, 1.54) is 12.1 Å². The molecule has 0 spiro atoms. The highest BCUT2D eigenvalue weighted by molar-refractivity contribution is 5.92. The van der Waals surface area contributed by atoms with Crippen LogP contribution >= 0.6 is 0 Å². The normalized spacial score (nSPS) is 17.4. The monoisotopic (exact) mass is 346 g/mol. The summed E-state index contributed by atoms with van der Waals surface area (Å²) >= 11 is 0. The Morgan fingerprint density at radius 1 is 1.36 bits per heavy atom. The second-order valence-electron chi connectivity index (χ2n) is 6.51. The summed E-state index contributed by atoms with van der Waals surface area (Å²) in [4.78, 5) is 18.4.